The van der Waals surface area contributed by atoms with E-state index in [0.29, 0.717) is 16.8 Å². The summed E-state index contributed by atoms with van der Waals surface area (Å²) in [4.78, 5) is 39.9. The fourth-order valence-electron chi connectivity index (χ4n) is 5.42. The van der Waals surface area contributed by atoms with Crippen molar-refractivity contribution in [3.8, 4) is 0 Å². The number of rotatable bonds is 12. The number of hydrogen-bond donors (Lipinski definition) is 1. The van der Waals surface area contributed by atoms with Crippen LogP contribution in [0.25, 0.3) is 0 Å². The van der Waals surface area contributed by atoms with E-state index in [4.69, 9.17) is 0 Å². The SMILES string of the molecule is O=C(CC(c1ccccc1)C(C(=O)c1ccccc1)C(Nc1ccccc1[N+](=O)[O-])c1ccccc1)c1ccccc1. The number of carbonyl (C=O) groups excluding carboxylic acids is 2. The van der Waals surface area contributed by atoms with Crippen molar-refractivity contribution in [1.29, 1.82) is 0 Å². The average Bonchev–Trinajstić information content (AvgIpc) is 3.05. The van der Waals surface area contributed by atoms with Gasteiger partial charge in [-0.3, -0.25) is 19.7 Å². The Labute approximate surface area is 244 Å². The summed E-state index contributed by atoms with van der Waals surface area (Å²) in [6.45, 7) is 0. The van der Waals surface area contributed by atoms with Crippen LogP contribution in [0.15, 0.2) is 146 Å². The fraction of sp³-hybridized carbons (Fsp3) is 0.111. The molecule has 1 N–H and O–H groups in total. The third-order valence-electron chi connectivity index (χ3n) is 7.45. The van der Waals surface area contributed by atoms with Crippen molar-refractivity contribution in [2.75, 3.05) is 5.32 Å². The Morgan fingerprint density at radius 2 is 1.10 bits per heavy atom. The Hall–Kier alpha value is -5.36. The zero-order chi connectivity index (χ0) is 29.3. The summed E-state index contributed by atoms with van der Waals surface area (Å²) in [6, 6.07) is 42.7. The molecule has 208 valence electrons. The van der Waals surface area contributed by atoms with Crippen LogP contribution in [0.5, 0.6) is 0 Å². The minimum absolute atomic E-state index is 0.0686. The topological polar surface area (TPSA) is 89.3 Å². The van der Waals surface area contributed by atoms with Crippen LogP contribution in [0.4, 0.5) is 11.4 Å². The van der Waals surface area contributed by atoms with Gasteiger partial charge in [0.2, 0.25) is 0 Å². The number of para-hydroxylation sites is 2. The summed E-state index contributed by atoms with van der Waals surface area (Å²) in [7, 11) is 0. The molecule has 42 heavy (non-hydrogen) atoms. The zero-order valence-corrected chi connectivity index (χ0v) is 22.9. The Bertz CT molecular complexity index is 1640. The summed E-state index contributed by atoms with van der Waals surface area (Å²) < 4.78 is 0. The van der Waals surface area contributed by atoms with E-state index in [1.807, 2.05) is 97.1 Å². The van der Waals surface area contributed by atoms with Crippen molar-refractivity contribution in [2.24, 2.45) is 5.92 Å². The van der Waals surface area contributed by atoms with Crippen LogP contribution in [0.2, 0.25) is 0 Å². The van der Waals surface area contributed by atoms with Crippen molar-refractivity contribution in [2.45, 2.75) is 18.4 Å². The smallest absolute Gasteiger partial charge is 0.292 e. The van der Waals surface area contributed by atoms with Gasteiger partial charge in [0.15, 0.2) is 11.6 Å². The summed E-state index contributed by atoms with van der Waals surface area (Å²) in [5, 5.41) is 15.4. The number of nitrogens with one attached hydrogen (secondary N) is 1. The molecule has 0 bridgehead atoms. The molecule has 5 aromatic carbocycles. The van der Waals surface area contributed by atoms with Gasteiger partial charge in [-0.25, -0.2) is 0 Å². The number of carbonyl (C=O) groups is 2. The van der Waals surface area contributed by atoms with E-state index in [9.17, 15) is 19.7 Å². The van der Waals surface area contributed by atoms with E-state index in [0.717, 1.165) is 11.1 Å². The molecular weight excluding hydrogens is 524 g/mol. The average molecular weight is 555 g/mol. The highest BCUT2D eigenvalue weighted by molar-refractivity contribution is 6.01. The molecule has 3 unspecified atom stereocenters. The minimum atomic E-state index is -0.801. The first-order valence-corrected chi connectivity index (χ1v) is 13.8. The molecule has 5 rings (SSSR count). The number of benzene rings is 5. The second kappa shape index (κ2) is 13.3. The van der Waals surface area contributed by atoms with Crippen LogP contribution in [0.1, 0.15) is 50.2 Å². The lowest BCUT2D eigenvalue weighted by Gasteiger charge is -2.34. The van der Waals surface area contributed by atoms with Crippen molar-refractivity contribution < 1.29 is 14.5 Å². The van der Waals surface area contributed by atoms with Crippen LogP contribution < -0.4 is 5.32 Å². The summed E-state index contributed by atoms with van der Waals surface area (Å²) in [6.07, 6.45) is 0.0686. The maximum atomic E-state index is 14.6. The number of nitrogens with zero attached hydrogens (tertiary/aromatic N) is 1. The molecule has 0 radical (unpaired) electrons. The van der Waals surface area contributed by atoms with Crippen LogP contribution >= 0.6 is 0 Å². The first-order valence-electron chi connectivity index (χ1n) is 13.8. The highest BCUT2D eigenvalue weighted by Crippen LogP contribution is 2.42. The quantitative estimate of drug-likeness (QED) is 0.0952. The second-order valence-electron chi connectivity index (χ2n) is 10.1. The van der Waals surface area contributed by atoms with Crippen molar-refractivity contribution in [3.63, 3.8) is 0 Å². The van der Waals surface area contributed by atoms with E-state index in [2.05, 4.69) is 5.32 Å². The highest BCUT2D eigenvalue weighted by atomic mass is 16.6. The first kappa shape index (κ1) is 28.2. The molecule has 0 aliphatic carbocycles. The van der Waals surface area contributed by atoms with Gasteiger partial charge in [-0.05, 0) is 17.2 Å². The molecule has 0 saturated heterocycles. The van der Waals surface area contributed by atoms with Gasteiger partial charge < -0.3 is 5.32 Å². The summed E-state index contributed by atoms with van der Waals surface area (Å²) in [5.41, 5.74) is 2.87. The van der Waals surface area contributed by atoms with Gasteiger partial charge in [0, 0.05) is 29.5 Å². The normalized spacial score (nSPS) is 13.0. The van der Waals surface area contributed by atoms with Crippen molar-refractivity contribution in [3.05, 3.63) is 178 Å². The van der Waals surface area contributed by atoms with Gasteiger partial charge >= 0.3 is 0 Å². The molecule has 0 saturated carbocycles. The number of anilines is 1. The molecule has 0 amide bonds. The van der Waals surface area contributed by atoms with Crippen LogP contribution in [-0.4, -0.2) is 16.5 Å². The molecular formula is C36H30N2O4. The fourth-order valence-corrected chi connectivity index (χ4v) is 5.42. The third kappa shape index (κ3) is 6.50. The molecule has 0 spiro atoms. The Morgan fingerprint density at radius 1 is 0.619 bits per heavy atom. The number of ketones is 2. The van der Waals surface area contributed by atoms with E-state index < -0.39 is 22.8 Å². The zero-order valence-electron chi connectivity index (χ0n) is 22.9. The van der Waals surface area contributed by atoms with Crippen molar-refractivity contribution in [1.82, 2.24) is 0 Å². The molecule has 6 nitrogen and oxygen atoms in total. The maximum absolute atomic E-state index is 14.6. The van der Waals surface area contributed by atoms with Gasteiger partial charge in [-0.1, -0.05) is 133 Å². The molecule has 5 aromatic rings. The Kier molecular flexibility index (Phi) is 8.94. The van der Waals surface area contributed by atoms with E-state index in [-0.39, 0.29) is 23.7 Å². The predicted molar refractivity (Wildman–Crippen MR) is 165 cm³/mol. The molecule has 0 fully saturated rings. The molecule has 0 heterocycles. The Morgan fingerprint density at radius 3 is 1.67 bits per heavy atom. The van der Waals surface area contributed by atoms with Crippen LogP contribution in [0.3, 0.4) is 0 Å². The summed E-state index contributed by atoms with van der Waals surface area (Å²) >= 11 is 0. The lowest BCUT2D eigenvalue weighted by atomic mass is 9.72. The standard InChI is InChI=1S/C36H30N2O4/c39-33(27-17-7-2-8-18-27)25-30(26-15-5-1-6-16-26)34(36(40)29-21-11-4-12-22-29)35(28-19-9-3-10-20-28)37-31-23-13-14-24-32(31)38(41)42/h1-24,30,34-35,37H,25H2. The van der Waals surface area contributed by atoms with Gasteiger partial charge in [0.05, 0.1) is 16.9 Å². The van der Waals surface area contributed by atoms with Crippen LogP contribution in [-0.2, 0) is 0 Å². The minimum Gasteiger partial charge on any atom is -0.372 e. The Balaban J connectivity index is 1.70. The van der Waals surface area contributed by atoms with Gasteiger partial charge in [0.25, 0.3) is 5.69 Å². The molecule has 0 aliphatic rings. The number of Topliss-reactive ketones (excluding diaryl/α,β-unsaturated/α-hetero) is 2. The van der Waals surface area contributed by atoms with Crippen molar-refractivity contribution >= 4 is 22.9 Å². The highest BCUT2D eigenvalue weighted by Gasteiger charge is 2.39. The molecule has 0 aromatic heterocycles. The van der Waals surface area contributed by atoms with Gasteiger partial charge in [0.1, 0.15) is 5.69 Å². The van der Waals surface area contributed by atoms with E-state index >= 15 is 0 Å². The second-order valence-corrected chi connectivity index (χ2v) is 10.1. The van der Waals surface area contributed by atoms with Gasteiger partial charge in [-0.2, -0.15) is 0 Å². The lowest BCUT2D eigenvalue weighted by molar-refractivity contribution is -0.384. The number of nitro groups is 1. The summed E-state index contributed by atoms with van der Waals surface area (Å²) in [5.74, 6) is -1.60. The van der Waals surface area contributed by atoms with E-state index in [1.54, 1.807) is 42.5 Å². The molecule has 3 atom stereocenters. The number of hydrogen-bond acceptors (Lipinski definition) is 5. The van der Waals surface area contributed by atoms with Crippen LogP contribution in [0, 0.1) is 16.0 Å². The lowest BCUT2D eigenvalue weighted by Crippen LogP contribution is -2.34. The largest absolute Gasteiger partial charge is 0.372 e. The van der Waals surface area contributed by atoms with E-state index in [1.165, 1.54) is 6.07 Å². The third-order valence-corrected chi connectivity index (χ3v) is 7.45. The molecule has 6 heteroatoms. The van der Waals surface area contributed by atoms with Gasteiger partial charge in [-0.15, -0.1) is 0 Å². The predicted octanol–water partition coefficient (Wildman–Crippen LogP) is 8.30. The number of nitro benzene ring substituents is 1. The first-order chi connectivity index (χ1) is 20.5. The monoisotopic (exact) mass is 554 g/mol. The maximum Gasteiger partial charge on any atom is 0.292 e. The molecule has 0 aliphatic heterocycles.